The lowest BCUT2D eigenvalue weighted by molar-refractivity contribution is -0.121. The highest BCUT2D eigenvalue weighted by Gasteiger charge is 2.15. The van der Waals surface area contributed by atoms with E-state index in [0.717, 1.165) is 30.5 Å². The lowest BCUT2D eigenvalue weighted by Gasteiger charge is -2.16. The highest BCUT2D eigenvalue weighted by Crippen LogP contribution is 2.25. The number of nitrogens with one attached hydrogen (secondary N) is 1. The number of rotatable bonds is 8. The van der Waals surface area contributed by atoms with Crippen molar-refractivity contribution in [2.24, 2.45) is 0 Å². The smallest absolute Gasteiger partial charge is 0.220 e. The van der Waals surface area contributed by atoms with Gasteiger partial charge in [0.15, 0.2) is 0 Å². The van der Waals surface area contributed by atoms with Crippen LogP contribution in [0.25, 0.3) is 0 Å². The summed E-state index contributed by atoms with van der Waals surface area (Å²) in [7, 11) is 0. The number of nitrogens with zero attached hydrogens (tertiary/aromatic N) is 1. The third-order valence-corrected chi connectivity index (χ3v) is 4.23. The largest absolute Gasteiger partial charge is 0.356 e. The summed E-state index contributed by atoms with van der Waals surface area (Å²) >= 11 is 1.56. The van der Waals surface area contributed by atoms with Gasteiger partial charge in [0.2, 0.25) is 5.91 Å². The summed E-state index contributed by atoms with van der Waals surface area (Å²) in [6.07, 6.45) is 3.11. The predicted octanol–water partition coefficient (Wildman–Crippen LogP) is 3.91. The van der Waals surface area contributed by atoms with Gasteiger partial charge in [-0.15, -0.1) is 11.3 Å². The van der Waals surface area contributed by atoms with E-state index in [0.29, 0.717) is 13.0 Å². The summed E-state index contributed by atoms with van der Waals surface area (Å²) in [5.74, 6) is -0.0606. The van der Waals surface area contributed by atoms with E-state index in [4.69, 9.17) is 0 Å². The maximum Gasteiger partial charge on any atom is 0.220 e. The molecule has 5 heteroatoms. The summed E-state index contributed by atoms with van der Waals surface area (Å²) < 4.78 is 13.0. The van der Waals surface area contributed by atoms with Crippen LogP contribution in [0.2, 0.25) is 0 Å². The van der Waals surface area contributed by atoms with E-state index in [2.05, 4.69) is 17.2 Å². The quantitative estimate of drug-likeness (QED) is 0.801. The van der Waals surface area contributed by atoms with E-state index in [1.54, 1.807) is 29.0 Å². The highest BCUT2D eigenvalue weighted by atomic mass is 32.1. The Balaban J connectivity index is 1.84. The van der Waals surface area contributed by atoms with Gasteiger partial charge in [0.1, 0.15) is 5.82 Å². The first-order valence-electron chi connectivity index (χ1n) is 7.58. The summed E-state index contributed by atoms with van der Waals surface area (Å²) in [6, 6.07) is 6.46. The Morgan fingerprint density at radius 3 is 2.77 bits per heavy atom. The first-order valence-corrected chi connectivity index (χ1v) is 8.52. The third kappa shape index (κ3) is 5.22. The van der Waals surface area contributed by atoms with Crippen LogP contribution in [0.5, 0.6) is 0 Å². The molecule has 0 fully saturated rings. The van der Waals surface area contributed by atoms with Crippen molar-refractivity contribution >= 4 is 17.2 Å². The molecule has 0 radical (unpaired) electrons. The second-order valence-electron chi connectivity index (χ2n) is 5.32. The molecule has 0 aliphatic carbocycles. The summed E-state index contributed by atoms with van der Waals surface area (Å²) in [5.41, 5.74) is 3.83. The predicted molar refractivity (Wildman–Crippen MR) is 87.5 cm³/mol. The molecule has 0 spiro atoms. The lowest BCUT2D eigenvalue weighted by atomic mass is 9.91. The zero-order valence-corrected chi connectivity index (χ0v) is 13.5. The number of benzene rings is 1. The minimum absolute atomic E-state index is 0.0398. The summed E-state index contributed by atoms with van der Waals surface area (Å²) in [5, 5.41) is 4.93. The molecule has 2 rings (SSSR count). The van der Waals surface area contributed by atoms with Gasteiger partial charge in [-0.3, -0.25) is 4.79 Å². The second-order valence-corrected chi connectivity index (χ2v) is 6.04. The van der Waals surface area contributed by atoms with Gasteiger partial charge in [-0.2, -0.15) is 0 Å². The number of hydrogen-bond donors (Lipinski definition) is 1. The van der Waals surface area contributed by atoms with Crippen molar-refractivity contribution in [2.45, 2.75) is 38.5 Å². The van der Waals surface area contributed by atoms with E-state index >= 15 is 0 Å². The zero-order chi connectivity index (χ0) is 15.8. The molecule has 1 heterocycles. The fourth-order valence-corrected chi connectivity index (χ4v) is 3.05. The standard InChI is InChI=1S/C17H21FN2OS/c1-2-3-14(13-4-6-15(18)7-5-13)10-17(21)19-9-8-16-11-22-12-20-16/h4-7,11-12,14H,2-3,8-10H2,1H3,(H,19,21). The number of hydrogen-bond acceptors (Lipinski definition) is 3. The molecule has 0 bridgehead atoms. The van der Waals surface area contributed by atoms with Crippen LogP contribution in [-0.4, -0.2) is 17.4 Å². The minimum atomic E-state index is -0.244. The van der Waals surface area contributed by atoms with Crippen LogP contribution in [0.15, 0.2) is 35.2 Å². The van der Waals surface area contributed by atoms with Gasteiger partial charge >= 0.3 is 0 Å². The molecule has 118 valence electrons. The van der Waals surface area contributed by atoms with Crippen LogP contribution in [0, 0.1) is 5.82 Å². The Hall–Kier alpha value is -1.75. The number of halogens is 1. The van der Waals surface area contributed by atoms with Crippen LogP contribution < -0.4 is 5.32 Å². The van der Waals surface area contributed by atoms with Crippen LogP contribution in [0.4, 0.5) is 4.39 Å². The van der Waals surface area contributed by atoms with Crippen molar-refractivity contribution in [1.82, 2.24) is 10.3 Å². The van der Waals surface area contributed by atoms with Crippen molar-refractivity contribution in [1.29, 1.82) is 0 Å². The fourth-order valence-electron chi connectivity index (χ4n) is 2.46. The Morgan fingerprint density at radius 1 is 1.36 bits per heavy atom. The maximum absolute atomic E-state index is 13.0. The fraction of sp³-hybridized carbons (Fsp3) is 0.412. The minimum Gasteiger partial charge on any atom is -0.356 e. The SMILES string of the molecule is CCCC(CC(=O)NCCc1cscn1)c1ccc(F)cc1. The summed E-state index contributed by atoms with van der Waals surface area (Å²) in [6.45, 7) is 2.70. The first-order chi connectivity index (χ1) is 10.7. The normalized spacial score (nSPS) is 12.1. The molecule has 1 aromatic heterocycles. The van der Waals surface area contributed by atoms with Gasteiger partial charge in [-0.1, -0.05) is 25.5 Å². The Bertz CT molecular complexity index is 569. The average Bonchev–Trinajstić information content (AvgIpc) is 3.01. The van der Waals surface area contributed by atoms with E-state index < -0.39 is 0 Å². The number of aromatic nitrogens is 1. The zero-order valence-electron chi connectivity index (χ0n) is 12.7. The molecule has 0 aliphatic heterocycles. The molecule has 1 aromatic carbocycles. The topological polar surface area (TPSA) is 42.0 Å². The number of amides is 1. The molecule has 1 amide bonds. The first kappa shape index (κ1) is 16.6. The van der Waals surface area contributed by atoms with Crippen LogP contribution in [0.3, 0.4) is 0 Å². The van der Waals surface area contributed by atoms with Gasteiger partial charge < -0.3 is 5.32 Å². The molecule has 1 N–H and O–H groups in total. The molecular weight excluding hydrogens is 299 g/mol. The number of carbonyl (C=O) groups excluding carboxylic acids is 1. The molecule has 1 unspecified atom stereocenters. The molecule has 0 saturated carbocycles. The average molecular weight is 320 g/mol. The van der Waals surface area contributed by atoms with Crippen molar-refractivity contribution in [3.8, 4) is 0 Å². The van der Waals surface area contributed by atoms with E-state index in [9.17, 15) is 9.18 Å². The van der Waals surface area contributed by atoms with Crippen LogP contribution in [0.1, 0.15) is 43.4 Å². The monoisotopic (exact) mass is 320 g/mol. The lowest BCUT2D eigenvalue weighted by Crippen LogP contribution is -2.27. The van der Waals surface area contributed by atoms with Gasteiger partial charge in [0.05, 0.1) is 11.2 Å². The van der Waals surface area contributed by atoms with E-state index in [1.165, 1.54) is 12.1 Å². The van der Waals surface area contributed by atoms with Gasteiger partial charge in [-0.25, -0.2) is 9.37 Å². The molecule has 0 aliphatic rings. The van der Waals surface area contributed by atoms with Crippen LogP contribution >= 0.6 is 11.3 Å². The number of carbonyl (C=O) groups is 1. The molecule has 3 nitrogen and oxygen atoms in total. The van der Waals surface area contributed by atoms with E-state index in [1.807, 2.05) is 5.38 Å². The second kappa shape index (κ2) is 8.63. The molecule has 1 atom stereocenters. The van der Waals surface area contributed by atoms with Crippen molar-refractivity contribution in [3.63, 3.8) is 0 Å². The third-order valence-electron chi connectivity index (χ3n) is 3.60. The maximum atomic E-state index is 13.0. The molecule has 2 aromatic rings. The highest BCUT2D eigenvalue weighted by molar-refractivity contribution is 7.07. The molecular formula is C17H21FN2OS. The molecule has 0 saturated heterocycles. The number of thiazole rings is 1. The van der Waals surface area contributed by atoms with Crippen molar-refractivity contribution in [3.05, 3.63) is 52.2 Å². The molecule has 22 heavy (non-hydrogen) atoms. The summed E-state index contributed by atoms with van der Waals surface area (Å²) in [4.78, 5) is 16.3. The van der Waals surface area contributed by atoms with Crippen molar-refractivity contribution < 1.29 is 9.18 Å². The Kier molecular flexibility index (Phi) is 6.52. The Labute approximate surface area is 134 Å². The van der Waals surface area contributed by atoms with Gasteiger partial charge in [0, 0.05) is 24.8 Å². The van der Waals surface area contributed by atoms with Crippen LogP contribution in [-0.2, 0) is 11.2 Å². The Morgan fingerprint density at radius 2 is 2.14 bits per heavy atom. The van der Waals surface area contributed by atoms with E-state index in [-0.39, 0.29) is 17.6 Å². The van der Waals surface area contributed by atoms with Gasteiger partial charge in [0.25, 0.3) is 0 Å². The van der Waals surface area contributed by atoms with Gasteiger partial charge in [-0.05, 0) is 30.0 Å². The van der Waals surface area contributed by atoms with Crippen molar-refractivity contribution in [2.75, 3.05) is 6.54 Å².